The lowest BCUT2D eigenvalue weighted by molar-refractivity contribution is -0.151. The second-order valence-electron chi connectivity index (χ2n) is 19.0. The summed E-state index contributed by atoms with van der Waals surface area (Å²) in [4.78, 5) is 26.2. The number of amides is 1. The summed E-state index contributed by atoms with van der Waals surface area (Å²) in [6.45, 7) is 6.47. The molecule has 0 spiro atoms. The highest BCUT2D eigenvalue weighted by Gasteiger charge is 2.24. The second kappa shape index (κ2) is 51.1. The molecule has 0 saturated heterocycles. The first kappa shape index (κ1) is 61.1. The lowest BCUT2D eigenvalue weighted by Crippen LogP contribution is -2.46. The van der Waals surface area contributed by atoms with E-state index in [1.807, 2.05) is 0 Å². The fourth-order valence-electron chi connectivity index (χ4n) is 8.46. The Kier molecular flexibility index (Phi) is 49.5. The van der Waals surface area contributed by atoms with Gasteiger partial charge in [-0.1, -0.05) is 231 Å². The number of nitrogens with one attached hydrogen (secondary N) is 1. The van der Waals surface area contributed by atoms with Gasteiger partial charge in [0.25, 0.3) is 0 Å². The zero-order chi connectivity index (χ0) is 45.9. The molecule has 3 N–H and O–H groups in total. The molecule has 0 saturated carbocycles. The summed E-state index contributed by atoms with van der Waals surface area (Å²) in [6.07, 6.45) is 60.6. The van der Waals surface area contributed by atoms with E-state index in [4.69, 9.17) is 4.74 Å². The number of unbranched alkanes of at least 4 members (excludes halogenated alkanes) is 32. The molecule has 63 heavy (non-hydrogen) atoms. The lowest BCUT2D eigenvalue weighted by Gasteiger charge is -2.24. The summed E-state index contributed by atoms with van der Waals surface area (Å²) in [5, 5.41) is 23.8. The van der Waals surface area contributed by atoms with Gasteiger partial charge in [-0.05, 0) is 83.5 Å². The highest BCUT2D eigenvalue weighted by atomic mass is 16.5. The fourth-order valence-corrected chi connectivity index (χ4v) is 8.46. The van der Waals surface area contributed by atoms with E-state index in [-0.39, 0.29) is 24.9 Å². The maximum absolute atomic E-state index is 13.2. The third kappa shape index (κ3) is 46.4. The molecule has 6 heteroatoms. The van der Waals surface area contributed by atoms with Crippen molar-refractivity contribution in [2.75, 3.05) is 6.61 Å². The van der Waals surface area contributed by atoms with Crippen molar-refractivity contribution < 1.29 is 24.5 Å². The Morgan fingerprint density at radius 2 is 0.810 bits per heavy atom. The molecular weight excluding hydrogens is 779 g/mol. The number of hydrogen-bond donors (Lipinski definition) is 3. The minimum atomic E-state index is -0.790. The average molecular weight is 886 g/mol. The predicted molar refractivity (Wildman–Crippen MR) is 273 cm³/mol. The molecule has 6 nitrogen and oxygen atoms in total. The molecule has 0 radical (unpaired) electrons. The molecule has 1 amide bonds. The summed E-state index contributed by atoms with van der Waals surface area (Å²) < 4.78 is 5.95. The SMILES string of the molecule is CCCCC/C=C\C/C=C\CCCCCCCC(CC(=O)NC(CO)C(O)CCCCCCCCCCCCCC)OC(=O)CCCCCCCCC/C=C/CCCCCCCC. The number of aliphatic hydroxyl groups excluding tert-OH is 2. The van der Waals surface area contributed by atoms with Gasteiger partial charge in [-0.15, -0.1) is 0 Å². The monoisotopic (exact) mass is 886 g/mol. The van der Waals surface area contributed by atoms with Crippen molar-refractivity contribution in [2.45, 2.75) is 309 Å². The van der Waals surface area contributed by atoms with Crippen LogP contribution < -0.4 is 5.32 Å². The van der Waals surface area contributed by atoms with Gasteiger partial charge in [0.1, 0.15) is 6.10 Å². The van der Waals surface area contributed by atoms with Crippen LogP contribution in [0.2, 0.25) is 0 Å². The van der Waals surface area contributed by atoms with Crippen molar-refractivity contribution in [3.63, 3.8) is 0 Å². The van der Waals surface area contributed by atoms with E-state index in [2.05, 4.69) is 62.5 Å². The van der Waals surface area contributed by atoms with Crippen LogP contribution in [0.15, 0.2) is 36.5 Å². The summed E-state index contributed by atoms with van der Waals surface area (Å²) in [7, 11) is 0. The van der Waals surface area contributed by atoms with Crippen LogP contribution in [0.4, 0.5) is 0 Å². The number of carbonyl (C=O) groups excluding carboxylic acids is 2. The summed E-state index contributed by atoms with van der Waals surface area (Å²) in [5.41, 5.74) is 0. The predicted octanol–water partition coefficient (Wildman–Crippen LogP) is 16.8. The van der Waals surface area contributed by atoms with Crippen LogP contribution in [-0.2, 0) is 14.3 Å². The highest BCUT2D eigenvalue weighted by Crippen LogP contribution is 2.18. The molecule has 3 atom stereocenters. The molecule has 0 heterocycles. The Balaban J connectivity index is 4.57. The molecule has 0 aliphatic carbocycles. The Morgan fingerprint density at radius 1 is 0.460 bits per heavy atom. The Bertz CT molecular complexity index is 1040. The maximum Gasteiger partial charge on any atom is 0.306 e. The summed E-state index contributed by atoms with van der Waals surface area (Å²) >= 11 is 0. The van der Waals surface area contributed by atoms with Crippen molar-refractivity contribution in [3.8, 4) is 0 Å². The van der Waals surface area contributed by atoms with Crippen molar-refractivity contribution in [3.05, 3.63) is 36.5 Å². The van der Waals surface area contributed by atoms with Crippen molar-refractivity contribution in [2.24, 2.45) is 0 Å². The highest BCUT2D eigenvalue weighted by molar-refractivity contribution is 5.77. The van der Waals surface area contributed by atoms with Crippen molar-refractivity contribution in [1.29, 1.82) is 0 Å². The molecular formula is C57H107NO5. The van der Waals surface area contributed by atoms with Gasteiger partial charge in [-0.2, -0.15) is 0 Å². The molecule has 0 rings (SSSR count). The largest absolute Gasteiger partial charge is 0.462 e. The minimum absolute atomic E-state index is 0.0691. The molecule has 370 valence electrons. The van der Waals surface area contributed by atoms with Crippen LogP contribution in [0.3, 0.4) is 0 Å². The first-order chi connectivity index (χ1) is 31.0. The van der Waals surface area contributed by atoms with E-state index >= 15 is 0 Å². The van der Waals surface area contributed by atoms with E-state index in [0.717, 1.165) is 70.6 Å². The molecule has 0 bridgehead atoms. The van der Waals surface area contributed by atoms with Gasteiger partial charge in [0.05, 0.1) is 25.2 Å². The van der Waals surface area contributed by atoms with Gasteiger partial charge in [0.15, 0.2) is 0 Å². The molecule has 0 aromatic carbocycles. The van der Waals surface area contributed by atoms with Gasteiger partial charge in [-0.3, -0.25) is 9.59 Å². The fraction of sp³-hybridized carbons (Fsp3) is 0.860. The number of rotatable bonds is 50. The lowest BCUT2D eigenvalue weighted by atomic mass is 10.0. The normalized spacial score (nSPS) is 13.4. The Morgan fingerprint density at radius 3 is 1.25 bits per heavy atom. The number of hydrogen-bond acceptors (Lipinski definition) is 5. The standard InChI is InChI=1S/C57H107NO5/c1-4-7-10-13-16-19-22-25-27-28-30-32-35-38-41-44-47-50-57(62)63-53(48-45-42-39-36-33-31-29-26-23-20-17-14-11-8-5-2)51-56(61)58-54(52-59)55(60)49-46-43-40-37-34-24-21-18-15-12-9-6-3/h17,20,25-27,29,53-55,59-60H,4-16,18-19,21-24,28,30-52H2,1-3H3,(H,58,61)/b20-17-,27-25+,29-26-. The first-order valence-electron chi connectivity index (χ1n) is 27.7. The second-order valence-corrected chi connectivity index (χ2v) is 19.0. The molecule has 0 fully saturated rings. The van der Waals surface area contributed by atoms with Gasteiger partial charge in [0, 0.05) is 6.42 Å². The number of esters is 1. The van der Waals surface area contributed by atoms with Gasteiger partial charge in [-0.25, -0.2) is 0 Å². The van der Waals surface area contributed by atoms with Crippen LogP contribution in [-0.4, -0.2) is 46.9 Å². The van der Waals surface area contributed by atoms with Crippen LogP contribution in [0.5, 0.6) is 0 Å². The van der Waals surface area contributed by atoms with E-state index in [9.17, 15) is 19.8 Å². The van der Waals surface area contributed by atoms with E-state index in [1.165, 1.54) is 173 Å². The minimum Gasteiger partial charge on any atom is -0.462 e. The quantitative estimate of drug-likeness (QED) is 0.0321. The molecule has 0 aliphatic rings. The van der Waals surface area contributed by atoms with E-state index < -0.39 is 18.2 Å². The summed E-state index contributed by atoms with van der Waals surface area (Å²) in [5.74, 6) is -0.481. The zero-order valence-corrected chi connectivity index (χ0v) is 42.2. The van der Waals surface area contributed by atoms with Crippen LogP contribution in [0, 0.1) is 0 Å². The number of aliphatic hydroxyl groups is 2. The smallest absolute Gasteiger partial charge is 0.306 e. The number of carbonyl (C=O) groups is 2. The maximum atomic E-state index is 13.2. The van der Waals surface area contributed by atoms with E-state index in [1.54, 1.807) is 0 Å². The Hall–Kier alpha value is -1.92. The van der Waals surface area contributed by atoms with Crippen LogP contribution >= 0.6 is 0 Å². The van der Waals surface area contributed by atoms with Crippen LogP contribution in [0.25, 0.3) is 0 Å². The van der Waals surface area contributed by atoms with Crippen molar-refractivity contribution in [1.82, 2.24) is 5.32 Å². The third-order valence-corrected chi connectivity index (χ3v) is 12.7. The Labute approximate surface area is 392 Å². The van der Waals surface area contributed by atoms with Crippen LogP contribution in [0.1, 0.15) is 290 Å². The number of allylic oxidation sites excluding steroid dienone is 6. The van der Waals surface area contributed by atoms with Gasteiger partial charge < -0.3 is 20.3 Å². The third-order valence-electron chi connectivity index (χ3n) is 12.7. The number of ether oxygens (including phenoxy) is 1. The van der Waals surface area contributed by atoms with Crippen molar-refractivity contribution >= 4 is 11.9 Å². The van der Waals surface area contributed by atoms with Gasteiger partial charge >= 0.3 is 5.97 Å². The topological polar surface area (TPSA) is 95.9 Å². The van der Waals surface area contributed by atoms with Gasteiger partial charge in [0.2, 0.25) is 5.91 Å². The first-order valence-corrected chi connectivity index (χ1v) is 27.7. The average Bonchev–Trinajstić information content (AvgIpc) is 3.28. The zero-order valence-electron chi connectivity index (χ0n) is 42.2. The molecule has 3 unspecified atom stereocenters. The summed E-state index contributed by atoms with van der Waals surface area (Å²) in [6, 6.07) is -0.705. The molecule has 0 aromatic heterocycles. The molecule has 0 aromatic rings. The van der Waals surface area contributed by atoms with E-state index in [0.29, 0.717) is 19.3 Å². The molecule has 0 aliphatic heterocycles.